The number of carbonyl (C=O) groups is 1. The van der Waals surface area contributed by atoms with Crippen molar-refractivity contribution in [2.75, 3.05) is 50.9 Å². The topological polar surface area (TPSA) is 114 Å². The molecule has 0 saturated carbocycles. The summed E-state index contributed by atoms with van der Waals surface area (Å²) in [5.74, 6) is -0.145. The van der Waals surface area contributed by atoms with Crippen molar-refractivity contribution in [1.29, 1.82) is 0 Å². The maximum atomic E-state index is 14.9. The van der Waals surface area contributed by atoms with E-state index in [4.69, 9.17) is 10.5 Å². The number of nitrogens with one attached hydrogen (secondary N) is 1. The molecule has 40 heavy (non-hydrogen) atoms. The molecule has 1 atom stereocenters. The molecule has 0 bridgehead atoms. The van der Waals surface area contributed by atoms with Gasteiger partial charge in [0, 0.05) is 79.6 Å². The summed E-state index contributed by atoms with van der Waals surface area (Å²) in [5.41, 5.74) is 9.57. The van der Waals surface area contributed by atoms with Gasteiger partial charge < -0.3 is 25.3 Å². The Balaban J connectivity index is 1.33. The fraction of sp³-hybridized carbons (Fsp3) is 0.379. The largest absolute Gasteiger partial charge is 0.469 e. The lowest BCUT2D eigenvalue weighted by atomic mass is 10.1. The van der Waals surface area contributed by atoms with Crippen LogP contribution >= 0.6 is 0 Å². The van der Waals surface area contributed by atoms with Crippen LogP contribution in [0.25, 0.3) is 22.2 Å². The number of likely N-dealkylation sites (N-methyl/N-ethyl adjacent to an activating group) is 1. The minimum Gasteiger partial charge on any atom is -0.469 e. The highest BCUT2D eigenvalue weighted by Gasteiger charge is 2.18. The van der Waals surface area contributed by atoms with E-state index in [1.165, 1.54) is 7.11 Å². The number of esters is 1. The maximum absolute atomic E-state index is 14.9. The average molecular weight is 547 g/mol. The Morgan fingerprint density at radius 1 is 1.12 bits per heavy atom. The van der Waals surface area contributed by atoms with Gasteiger partial charge in [0.05, 0.1) is 19.7 Å². The molecule has 4 aromatic rings. The Hall–Kier alpha value is -4.09. The van der Waals surface area contributed by atoms with E-state index in [1.54, 1.807) is 12.3 Å². The van der Waals surface area contributed by atoms with Crippen molar-refractivity contribution in [2.45, 2.75) is 32.9 Å². The molecule has 1 aromatic carbocycles. The van der Waals surface area contributed by atoms with Gasteiger partial charge in [0.25, 0.3) is 0 Å². The molecule has 0 radical (unpaired) electrons. The Kier molecular flexibility index (Phi) is 8.22. The van der Waals surface area contributed by atoms with Crippen molar-refractivity contribution in [3.8, 4) is 11.3 Å². The van der Waals surface area contributed by atoms with E-state index in [-0.39, 0.29) is 30.1 Å². The van der Waals surface area contributed by atoms with E-state index in [0.717, 1.165) is 61.9 Å². The molecule has 4 heterocycles. The third-order valence-corrected chi connectivity index (χ3v) is 7.47. The van der Waals surface area contributed by atoms with Gasteiger partial charge in [-0.1, -0.05) is 19.1 Å². The number of rotatable bonds is 9. The highest BCUT2D eigenvalue weighted by atomic mass is 19.1. The van der Waals surface area contributed by atoms with Crippen LogP contribution in [0.5, 0.6) is 0 Å². The summed E-state index contributed by atoms with van der Waals surface area (Å²) in [7, 11) is 1.37. The Bertz CT molecular complexity index is 1500. The van der Waals surface area contributed by atoms with Crippen LogP contribution in [0.3, 0.4) is 0 Å². The van der Waals surface area contributed by atoms with E-state index in [9.17, 15) is 9.18 Å². The number of nitrogen functional groups attached to an aromatic ring is 1. The minimum absolute atomic E-state index is 0.131. The standard InChI is InChI=1S/C29H35FN8O2/c1-4-36-9-11-37(12-10-36)18-22-16-32-26(15-24(22)31)34-29-33-17-23(30)28(35-29)21-6-5-20-7-8-38(25(20)14-21)19(2)13-27(39)40-3/h5-8,14-17,19H,4,9-13,18H2,1-3H3,(H3,31,32,33,34,35). The normalized spacial score (nSPS) is 15.3. The lowest BCUT2D eigenvalue weighted by molar-refractivity contribution is -0.141. The summed E-state index contributed by atoms with van der Waals surface area (Å²) >= 11 is 0. The first-order chi connectivity index (χ1) is 19.3. The molecule has 5 rings (SSSR count). The molecule has 0 amide bonds. The molecule has 3 aromatic heterocycles. The van der Waals surface area contributed by atoms with E-state index in [2.05, 4.69) is 37.0 Å². The molecule has 11 heteroatoms. The number of hydrogen-bond acceptors (Lipinski definition) is 9. The Morgan fingerprint density at radius 3 is 2.62 bits per heavy atom. The van der Waals surface area contributed by atoms with Gasteiger partial charge in [0.1, 0.15) is 11.5 Å². The number of nitrogens with two attached hydrogens (primary N) is 1. The van der Waals surface area contributed by atoms with Gasteiger partial charge in [-0.15, -0.1) is 0 Å². The number of benzene rings is 1. The summed E-state index contributed by atoms with van der Waals surface area (Å²) < 4.78 is 21.7. The third kappa shape index (κ3) is 6.05. The van der Waals surface area contributed by atoms with Crippen molar-refractivity contribution in [1.82, 2.24) is 29.3 Å². The van der Waals surface area contributed by atoms with Gasteiger partial charge in [-0.05, 0) is 31.0 Å². The predicted octanol–water partition coefficient (Wildman–Crippen LogP) is 4.22. The number of fused-ring (bicyclic) bond motifs is 1. The van der Waals surface area contributed by atoms with Crippen molar-refractivity contribution in [3.05, 3.63) is 60.3 Å². The second-order valence-corrected chi connectivity index (χ2v) is 10.1. The number of methoxy groups -OCH3 is 1. The molecule has 1 saturated heterocycles. The van der Waals surface area contributed by atoms with Crippen LogP contribution in [0.2, 0.25) is 0 Å². The maximum Gasteiger partial charge on any atom is 0.307 e. The average Bonchev–Trinajstić information content (AvgIpc) is 3.39. The van der Waals surface area contributed by atoms with Crippen LogP contribution in [0, 0.1) is 5.82 Å². The Labute approximate surface area is 233 Å². The number of hydrogen-bond donors (Lipinski definition) is 2. The summed E-state index contributed by atoms with van der Waals surface area (Å²) in [5, 5.41) is 4.03. The SMILES string of the molecule is CCN1CCN(Cc2cnc(Nc3ncc(F)c(-c4ccc5ccn(C(C)CC(=O)OC)c5c4)n3)cc2N)CC1. The number of ether oxygens (including phenoxy) is 1. The van der Waals surface area contributed by atoms with Crippen LogP contribution in [-0.2, 0) is 16.1 Å². The summed E-state index contributed by atoms with van der Waals surface area (Å²) in [6, 6.07) is 9.17. The van der Waals surface area contributed by atoms with Crippen LogP contribution in [0.1, 0.15) is 31.9 Å². The summed E-state index contributed by atoms with van der Waals surface area (Å²) in [6.07, 6.45) is 5.05. The fourth-order valence-electron chi connectivity index (χ4n) is 5.05. The van der Waals surface area contributed by atoms with Gasteiger partial charge in [0.2, 0.25) is 5.95 Å². The summed E-state index contributed by atoms with van der Waals surface area (Å²) in [6.45, 7) is 10.1. The molecule has 10 nitrogen and oxygen atoms in total. The minimum atomic E-state index is -0.545. The lowest BCUT2D eigenvalue weighted by Gasteiger charge is -2.34. The zero-order chi connectivity index (χ0) is 28.2. The van der Waals surface area contributed by atoms with Gasteiger partial charge in [-0.2, -0.15) is 0 Å². The molecular formula is C29H35FN8O2. The molecule has 210 valence electrons. The fourth-order valence-corrected chi connectivity index (χ4v) is 5.05. The van der Waals surface area contributed by atoms with Crippen molar-refractivity contribution in [2.24, 2.45) is 0 Å². The highest BCUT2D eigenvalue weighted by Crippen LogP contribution is 2.29. The van der Waals surface area contributed by atoms with Gasteiger partial charge in [0.15, 0.2) is 5.82 Å². The molecular weight excluding hydrogens is 511 g/mol. The zero-order valence-corrected chi connectivity index (χ0v) is 23.1. The summed E-state index contributed by atoms with van der Waals surface area (Å²) in [4.78, 5) is 29.7. The smallest absolute Gasteiger partial charge is 0.307 e. The van der Waals surface area contributed by atoms with Crippen molar-refractivity contribution >= 4 is 34.3 Å². The first kappa shape index (κ1) is 27.5. The van der Waals surface area contributed by atoms with Gasteiger partial charge in [-0.3, -0.25) is 9.69 Å². The molecule has 3 N–H and O–H groups in total. The number of anilines is 3. The van der Waals surface area contributed by atoms with Crippen molar-refractivity contribution in [3.63, 3.8) is 0 Å². The second kappa shape index (κ2) is 12.0. The lowest BCUT2D eigenvalue weighted by Crippen LogP contribution is -2.45. The second-order valence-electron chi connectivity index (χ2n) is 10.1. The number of pyridine rings is 1. The number of halogens is 1. The molecule has 0 aliphatic carbocycles. The molecule has 0 spiro atoms. The van der Waals surface area contributed by atoms with Crippen molar-refractivity contribution < 1.29 is 13.9 Å². The third-order valence-electron chi connectivity index (χ3n) is 7.47. The van der Waals surface area contributed by atoms with E-state index >= 15 is 0 Å². The molecule has 1 fully saturated rings. The number of aromatic nitrogens is 4. The number of carbonyl (C=O) groups excluding carboxylic acids is 1. The molecule has 1 aliphatic rings. The predicted molar refractivity (Wildman–Crippen MR) is 154 cm³/mol. The number of piperazine rings is 1. The van der Waals surface area contributed by atoms with Crippen LogP contribution < -0.4 is 11.1 Å². The van der Waals surface area contributed by atoms with E-state index < -0.39 is 5.82 Å². The van der Waals surface area contributed by atoms with Gasteiger partial charge in [-0.25, -0.2) is 19.3 Å². The zero-order valence-electron chi connectivity index (χ0n) is 23.1. The molecule has 1 unspecified atom stereocenters. The monoisotopic (exact) mass is 546 g/mol. The quantitative estimate of drug-likeness (QED) is 0.298. The number of nitrogens with zero attached hydrogens (tertiary/aromatic N) is 6. The Morgan fingerprint density at radius 2 is 1.90 bits per heavy atom. The van der Waals surface area contributed by atoms with Crippen LogP contribution in [0.4, 0.5) is 21.8 Å². The first-order valence-corrected chi connectivity index (χ1v) is 13.5. The van der Waals surface area contributed by atoms with Gasteiger partial charge >= 0.3 is 5.97 Å². The van der Waals surface area contributed by atoms with Crippen LogP contribution in [-0.4, -0.2) is 75.1 Å². The van der Waals surface area contributed by atoms with E-state index in [1.807, 2.05) is 42.0 Å². The van der Waals surface area contributed by atoms with Crippen LogP contribution in [0.15, 0.2) is 48.9 Å². The molecule has 1 aliphatic heterocycles. The van der Waals surface area contributed by atoms with E-state index in [0.29, 0.717) is 17.1 Å². The first-order valence-electron chi connectivity index (χ1n) is 13.5. The highest BCUT2D eigenvalue weighted by molar-refractivity contribution is 5.85.